The summed E-state index contributed by atoms with van der Waals surface area (Å²) in [6, 6.07) is 16.0. The number of para-hydroxylation sites is 1. The molecular formula is C19H21NO2. The zero-order valence-electron chi connectivity index (χ0n) is 12.6. The number of hydrogen-bond acceptors (Lipinski definition) is 3. The maximum Gasteiger partial charge on any atom is 0.120 e. The van der Waals surface area contributed by atoms with Crippen LogP contribution in [0.25, 0.3) is 6.08 Å². The summed E-state index contributed by atoms with van der Waals surface area (Å²) in [6.07, 6.45) is 1.84. The van der Waals surface area contributed by atoms with E-state index in [2.05, 4.69) is 35.7 Å². The summed E-state index contributed by atoms with van der Waals surface area (Å²) in [5.74, 6) is 0.340. The zero-order chi connectivity index (χ0) is 15.4. The molecule has 1 fully saturated rings. The molecule has 1 N–H and O–H groups in total. The molecule has 3 nitrogen and oxygen atoms in total. The van der Waals surface area contributed by atoms with Gasteiger partial charge in [0.15, 0.2) is 0 Å². The second-order valence-electron chi connectivity index (χ2n) is 5.48. The molecule has 22 heavy (non-hydrogen) atoms. The van der Waals surface area contributed by atoms with E-state index in [9.17, 15) is 5.11 Å². The van der Waals surface area contributed by atoms with Gasteiger partial charge in [-0.05, 0) is 17.2 Å². The fourth-order valence-corrected chi connectivity index (χ4v) is 2.96. The Hall–Kier alpha value is -2.10. The van der Waals surface area contributed by atoms with Crippen LogP contribution in [0.15, 0.2) is 55.1 Å². The molecule has 3 rings (SSSR count). The maximum atomic E-state index is 10.3. The van der Waals surface area contributed by atoms with Gasteiger partial charge in [0.2, 0.25) is 0 Å². The van der Waals surface area contributed by atoms with Crippen LogP contribution < -0.4 is 0 Å². The summed E-state index contributed by atoms with van der Waals surface area (Å²) >= 11 is 0. The van der Waals surface area contributed by atoms with Gasteiger partial charge in [-0.3, -0.25) is 4.90 Å². The third kappa shape index (κ3) is 3.06. The van der Waals surface area contributed by atoms with Crippen LogP contribution in [0.5, 0.6) is 5.75 Å². The van der Waals surface area contributed by atoms with Gasteiger partial charge in [0.25, 0.3) is 0 Å². The number of aromatic hydroxyl groups is 1. The van der Waals surface area contributed by atoms with E-state index in [4.69, 9.17) is 4.74 Å². The second-order valence-corrected chi connectivity index (χ2v) is 5.48. The highest BCUT2D eigenvalue weighted by Crippen LogP contribution is 2.34. The highest BCUT2D eigenvalue weighted by Gasteiger charge is 2.26. The Labute approximate surface area is 131 Å². The monoisotopic (exact) mass is 295 g/mol. The first-order valence-corrected chi connectivity index (χ1v) is 7.61. The Morgan fingerprint density at radius 2 is 1.73 bits per heavy atom. The van der Waals surface area contributed by atoms with E-state index in [1.165, 1.54) is 5.56 Å². The summed E-state index contributed by atoms with van der Waals surface area (Å²) in [6.45, 7) is 6.99. The van der Waals surface area contributed by atoms with Crippen molar-refractivity contribution in [2.45, 2.75) is 6.04 Å². The predicted octanol–water partition coefficient (Wildman–Crippen LogP) is 3.46. The number of morpholine rings is 1. The fourth-order valence-electron chi connectivity index (χ4n) is 2.96. The second kappa shape index (κ2) is 6.77. The van der Waals surface area contributed by atoms with Gasteiger partial charge in [0.05, 0.1) is 19.3 Å². The molecule has 0 spiro atoms. The van der Waals surface area contributed by atoms with Gasteiger partial charge in [-0.2, -0.15) is 0 Å². The molecule has 0 aromatic heterocycles. The topological polar surface area (TPSA) is 32.7 Å². The molecule has 1 unspecified atom stereocenters. The largest absolute Gasteiger partial charge is 0.508 e. The molecule has 2 aromatic carbocycles. The first-order chi connectivity index (χ1) is 10.8. The normalized spacial score (nSPS) is 17.1. The van der Waals surface area contributed by atoms with E-state index in [0.29, 0.717) is 5.75 Å². The molecule has 2 aromatic rings. The van der Waals surface area contributed by atoms with Gasteiger partial charge < -0.3 is 9.84 Å². The number of benzene rings is 2. The van der Waals surface area contributed by atoms with E-state index >= 15 is 0 Å². The zero-order valence-corrected chi connectivity index (χ0v) is 12.6. The van der Waals surface area contributed by atoms with Gasteiger partial charge in [-0.15, -0.1) is 0 Å². The highest BCUT2D eigenvalue weighted by molar-refractivity contribution is 5.49. The lowest BCUT2D eigenvalue weighted by molar-refractivity contribution is 0.0235. The van der Waals surface area contributed by atoms with Crippen LogP contribution in [0.2, 0.25) is 0 Å². The van der Waals surface area contributed by atoms with Crippen molar-refractivity contribution in [3.8, 4) is 5.75 Å². The van der Waals surface area contributed by atoms with E-state index in [1.807, 2.05) is 24.3 Å². The van der Waals surface area contributed by atoms with Crippen LogP contribution in [-0.4, -0.2) is 36.3 Å². The molecular weight excluding hydrogens is 274 g/mol. The van der Waals surface area contributed by atoms with Crippen molar-refractivity contribution >= 4 is 6.08 Å². The summed E-state index contributed by atoms with van der Waals surface area (Å²) < 4.78 is 5.47. The van der Waals surface area contributed by atoms with E-state index in [-0.39, 0.29) is 6.04 Å². The molecule has 1 aliphatic rings. The summed E-state index contributed by atoms with van der Waals surface area (Å²) in [4.78, 5) is 2.36. The number of ether oxygens (including phenoxy) is 1. The number of nitrogens with zero attached hydrogens (tertiary/aromatic N) is 1. The van der Waals surface area contributed by atoms with E-state index < -0.39 is 0 Å². The number of phenols is 1. The molecule has 114 valence electrons. The van der Waals surface area contributed by atoms with Crippen molar-refractivity contribution in [1.29, 1.82) is 0 Å². The Morgan fingerprint density at radius 1 is 1.05 bits per heavy atom. The lowest BCUT2D eigenvalue weighted by Crippen LogP contribution is -2.39. The molecule has 1 saturated heterocycles. The van der Waals surface area contributed by atoms with Crippen LogP contribution in [0, 0.1) is 0 Å². The average Bonchev–Trinajstić information content (AvgIpc) is 2.58. The third-order valence-electron chi connectivity index (χ3n) is 4.13. The summed E-state index contributed by atoms with van der Waals surface area (Å²) in [5.41, 5.74) is 3.21. The van der Waals surface area contributed by atoms with Gasteiger partial charge in [0.1, 0.15) is 5.75 Å². The summed E-state index contributed by atoms with van der Waals surface area (Å²) in [5, 5.41) is 10.3. The molecule has 0 radical (unpaired) electrons. The highest BCUT2D eigenvalue weighted by atomic mass is 16.5. The predicted molar refractivity (Wildman–Crippen MR) is 88.9 cm³/mol. The minimum absolute atomic E-state index is 0.0453. The van der Waals surface area contributed by atoms with Crippen molar-refractivity contribution in [3.63, 3.8) is 0 Å². The lowest BCUT2D eigenvalue weighted by Gasteiger charge is -2.35. The maximum absolute atomic E-state index is 10.3. The molecule has 3 heteroatoms. The third-order valence-corrected chi connectivity index (χ3v) is 4.13. The molecule has 1 heterocycles. The lowest BCUT2D eigenvalue weighted by atomic mass is 9.95. The van der Waals surface area contributed by atoms with Gasteiger partial charge in [-0.25, -0.2) is 0 Å². The Bertz CT molecular complexity index is 630. The first-order valence-electron chi connectivity index (χ1n) is 7.61. The van der Waals surface area contributed by atoms with Crippen molar-refractivity contribution in [1.82, 2.24) is 4.90 Å². The SMILES string of the molecule is C=Cc1ccc(C(c2ccccc2O)N2CCOCC2)cc1. The number of rotatable bonds is 4. The Morgan fingerprint density at radius 3 is 2.36 bits per heavy atom. The quantitative estimate of drug-likeness (QED) is 0.937. The van der Waals surface area contributed by atoms with Crippen molar-refractivity contribution in [2.24, 2.45) is 0 Å². The number of hydrogen-bond donors (Lipinski definition) is 1. The number of phenolic OH excluding ortho intramolecular Hbond substituents is 1. The minimum atomic E-state index is 0.0453. The van der Waals surface area contributed by atoms with Crippen LogP contribution in [0.3, 0.4) is 0 Å². The first kappa shape index (κ1) is 14.8. The van der Waals surface area contributed by atoms with Crippen LogP contribution in [-0.2, 0) is 4.74 Å². The van der Waals surface area contributed by atoms with Crippen molar-refractivity contribution in [3.05, 3.63) is 71.8 Å². The molecule has 0 saturated carbocycles. The summed E-state index contributed by atoms with van der Waals surface area (Å²) in [7, 11) is 0. The fraction of sp³-hybridized carbons (Fsp3) is 0.263. The van der Waals surface area contributed by atoms with Gasteiger partial charge in [0, 0.05) is 18.7 Å². The van der Waals surface area contributed by atoms with Crippen molar-refractivity contribution in [2.75, 3.05) is 26.3 Å². The van der Waals surface area contributed by atoms with Gasteiger partial charge in [-0.1, -0.05) is 55.1 Å². The van der Waals surface area contributed by atoms with Crippen LogP contribution in [0.1, 0.15) is 22.7 Å². The standard InChI is InChI=1S/C19H21NO2/c1-2-15-7-9-16(10-8-15)19(20-11-13-22-14-12-20)17-5-3-4-6-18(17)21/h2-10,19,21H,1,11-14H2. The smallest absolute Gasteiger partial charge is 0.120 e. The van der Waals surface area contributed by atoms with Crippen LogP contribution in [0.4, 0.5) is 0 Å². The van der Waals surface area contributed by atoms with Gasteiger partial charge >= 0.3 is 0 Å². The van der Waals surface area contributed by atoms with E-state index in [1.54, 1.807) is 6.07 Å². The Balaban J connectivity index is 2.01. The molecule has 0 bridgehead atoms. The van der Waals surface area contributed by atoms with Crippen molar-refractivity contribution < 1.29 is 9.84 Å². The van der Waals surface area contributed by atoms with E-state index in [0.717, 1.165) is 37.4 Å². The Kier molecular flexibility index (Phi) is 4.56. The average molecular weight is 295 g/mol. The van der Waals surface area contributed by atoms with Crippen LogP contribution >= 0.6 is 0 Å². The molecule has 0 amide bonds. The minimum Gasteiger partial charge on any atom is -0.508 e. The molecule has 0 aliphatic carbocycles. The molecule has 1 aliphatic heterocycles. The molecule has 1 atom stereocenters.